The molecule has 2 aromatic rings. The van der Waals surface area contributed by atoms with Crippen LogP contribution >= 0.6 is 0 Å². The summed E-state index contributed by atoms with van der Waals surface area (Å²) < 4.78 is 28.2. The zero-order chi connectivity index (χ0) is 22.0. The van der Waals surface area contributed by atoms with Crippen LogP contribution in [0.5, 0.6) is 0 Å². The first-order valence-corrected chi connectivity index (χ1v) is 12.7. The first-order valence-electron chi connectivity index (χ1n) is 11.2. The number of sulfonamides is 1. The van der Waals surface area contributed by atoms with Crippen molar-refractivity contribution in [1.82, 2.24) is 9.62 Å². The van der Waals surface area contributed by atoms with Crippen molar-refractivity contribution in [3.63, 3.8) is 0 Å². The van der Waals surface area contributed by atoms with Crippen LogP contribution in [0.25, 0.3) is 0 Å². The molecule has 0 saturated heterocycles. The van der Waals surface area contributed by atoms with Gasteiger partial charge in [-0.25, -0.2) is 17.9 Å². The Morgan fingerprint density at radius 3 is 2.23 bits per heavy atom. The molecule has 0 aliphatic heterocycles. The van der Waals surface area contributed by atoms with E-state index in [-0.39, 0.29) is 0 Å². The molecule has 0 aromatic heterocycles. The maximum absolute atomic E-state index is 13.0. The van der Waals surface area contributed by atoms with Crippen molar-refractivity contribution in [1.29, 1.82) is 0 Å². The topological polar surface area (TPSA) is 78.5 Å². The maximum Gasteiger partial charge on any atom is 0.332 e. The van der Waals surface area contributed by atoms with Crippen LogP contribution < -0.4 is 10.0 Å². The number of amides is 2. The smallest absolute Gasteiger partial charge is 0.307 e. The summed E-state index contributed by atoms with van der Waals surface area (Å²) in [5.74, 6) is 0. The van der Waals surface area contributed by atoms with Gasteiger partial charge in [0.2, 0.25) is 0 Å². The third kappa shape index (κ3) is 4.62. The second kappa shape index (κ2) is 9.01. The molecule has 2 amide bonds. The Kier molecular flexibility index (Phi) is 6.34. The van der Waals surface area contributed by atoms with Gasteiger partial charge in [0.1, 0.15) is 5.37 Å². The van der Waals surface area contributed by atoms with Gasteiger partial charge in [-0.3, -0.25) is 4.90 Å². The first-order chi connectivity index (χ1) is 14.9. The predicted octanol–water partition coefficient (Wildman–Crippen LogP) is 3.98. The first kappa shape index (κ1) is 21.8. The highest BCUT2D eigenvalue weighted by Crippen LogP contribution is 2.38. The molecule has 2 aliphatic carbocycles. The fourth-order valence-corrected chi connectivity index (χ4v) is 5.93. The van der Waals surface area contributed by atoms with Gasteiger partial charge in [-0.15, -0.1) is 0 Å². The lowest BCUT2D eigenvalue weighted by Crippen LogP contribution is -2.47. The largest absolute Gasteiger partial charge is 0.332 e. The molecule has 4 rings (SSSR count). The summed E-state index contributed by atoms with van der Waals surface area (Å²) in [6.07, 6.45) is 6.08. The molecule has 0 bridgehead atoms. The number of carbonyl (C=O) groups excluding carboxylic acids is 1. The van der Waals surface area contributed by atoms with Crippen LogP contribution in [-0.4, -0.2) is 31.3 Å². The lowest BCUT2D eigenvalue weighted by molar-refractivity contribution is 0.251. The molecule has 166 valence electrons. The second-order valence-corrected chi connectivity index (χ2v) is 10.5. The van der Waals surface area contributed by atoms with Crippen LogP contribution in [0.1, 0.15) is 54.5 Å². The Labute approximate surface area is 185 Å². The van der Waals surface area contributed by atoms with Gasteiger partial charge in [-0.1, -0.05) is 43.3 Å². The van der Waals surface area contributed by atoms with Crippen molar-refractivity contribution in [2.24, 2.45) is 0 Å². The van der Waals surface area contributed by atoms with E-state index in [2.05, 4.69) is 16.1 Å². The summed E-state index contributed by atoms with van der Waals surface area (Å²) in [6.45, 7) is 4.60. The Morgan fingerprint density at radius 1 is 1.03 bits per heavy atom. The number of aryl methyl sites for hydroxylation is 2. The van der Waals surface area contributed by atoms with Crippen LogP contribution in [0.2, 0.25) is 0 Å². The van der Waals surface area contributed by atoms with Crippen LogP contribution in [0.4, 0.5) is 10.5 Å². The number of benzene rings is 2. The van der Waals surface area contributed by atoms with Gasteiger partial charge in [-0.05, 0) is 79.8 Å². The van der Waals surface area contributed by atoms with E-state index in [1.165, 1.54) is 22.3 Å². The molecule has 0 radical (unpaired) electrons. The minimum Gasteiger partial charge on any atom is -0.307 e. The fourth-order valence-electron chi connectivity index (χ4n) is 4.83. The molecular formula is C24H31N3O3S. The summed E-state index contributed by atoms with van der Waals surface area (Å²) in [5, 5.41) is 2.08. The highest BCUT2D eigenvalue weighted by atomic mass is 32.2. The predicted molar refractivity (Wildman–Crippen MR) is 124 cm³/mol. The minimum atomic E-state index is -3.88. The number of carbonyl (C=O) groups is 1. The molecule has 2 N–H and O–H groups in total. The van der Waals surface area contributed by atoms with E-state index in [9.17, 15) is 13.2 Å². The standard InChI is InChI=1S/C24H31N3O3S/c1-3-27(16-18-9-5-4-6-10-18)17(2)31(29,30)26-24(28)25-23-21-13-7-11-19(21)15-20-12-8-14-22(20)23/h4-6,9-10,15,17H,3,7-8,11-14,16H2,1-2H3,(H2,25,26,28). The summed E-state index contributed by atoms with van der Waals surface area (Å²) in [7, 11) is -3.88. The molecule has 2 aliphatic rings. The van der Waals surface area contributed by atoms with Crippen LogP contribution in [0, 0.1) is 0 Å². The molecular weight excluding hydrogens is 410 g/mol. The highest BCUT2D eigenvalue weighted by Gasteiger charge is 2.30. The van der Waals surface area contributed by atoms with E-state index in [0.717, 1.165) is 49.8 Å². The highest BCUT2D eigenvalue weighted by molar-refractivity contribution is 7.90. The number of urea groups is 1. The van der Waals surface area contributed by atoms with Gasteiger partial charge in [0.05, 0.1) is 0 Å². The van der Waals surface area contributed by atoms with Crippen molar-refractivity contribution in [3.05, 3.63) is 64.2 Å². The van der Waals surface area contributed by atoms with E-state index in [4.69, 9.17) is 0 Å². The minimum absolute atomic E-state index is 0.501. The Bertz CT molecular complexity index is 1030. The number of nitrogens with one attached hydrogen (secondary N) is 2. The van der Waals surface area contributed by atoms with Gasteiger partial charge in [0.25, 0.3) is 10.0 Å². The number of nitrogens with zero attached hydrogens (tertiary/aromatic N) is 1. The van der Waals surface area contributed by atoms with Crippen molar-refractivity contribution in [2.45, 2.75) is 64.3 Å². The van der Waals surface area contributed by atoms with E-state index in [1.54, 1.807) is 6.92 Å². The number of anilines is 1. The van der Waals surface area contributed by atoms with Crippen LogP contribution in [0.15, 0.2) is 36.4 Å². The molecule has 7 heteroatoms. The van der Waals surface area contributed by atoms with Crippen LogP contribution in [-0.2, 0) is 42.3 Å². The number of rotatable bonds is 7. The van der Waals surface area contributed by atoms with Crippen molar-refractivity contribution in [3.8, 4) is 0 Å². The Balaban J connectivity index is 1.48. The van der Waals surface area contributed by atoms with E-state index in [1.807, 2.05) is 42.2 Å². The van der Waals surface area contributed by atoms with Crippen LogP contribution in [0.3, 0.4) is 0 Å². The monoisotopic (exact) mass is 441 g/mol. The third-order valence-electron chi connectivity index (χ3n) is 6.54. The molecule has 6 nitrogen and oxygen atoms in total. The van der Waals surface area contributed by atoms with Gasteiger partial charge in [-0.2, -0.15) is 0 Å². The van der Waals surface area contributed by atoms with Crippen molar-refractivity contribution >= 4 is 21.7 Å². The average molecular weight is 442 g/mol. The van der Waals surface area contributed by atoms with Crippen molar-refractivity contribution in [2.75, 3.05) is 11.9 Å². The molecule has 0 saturated carbocycles. The zero-order valence-electron chi connectivity index (χ0n) is 18.3. The summed E-state index contributed by atoms with van der Waals surface area (Å²) in [4.78, 5) is 14.6. The lowest BCUT2D eigenvalue weighted by Gasteiger charge is -2.27. The second-order valence-electron chi connectivity index (χ2n) is 8.48. The zero-order valence-corrected chi connectivity index (χ0v) is 19.1. The normalized spacial score (nSPS) is 16.1. The van der Waals surface area contributed by atoms with Gasteiger partial charge in [0.15, 0.2) is 0 Å². The molecule has 1 atom stereocenters. The fraction of sp³-hybridized carbons (Fsp3) is 0.458. The van der Waals surface area contributed by atoms with E-state index in [0.29, 0.717) is 13.1 Å². The lowest BCUT2D eigenvalue weighted by atomic mass is 9.99. The number of hydrogen-bond donors (Lipinski definition) is 2. The maximum atomic E-state index is 13.0. The molecule has 0 spiro atoms. The van der Waals surface area contributed by atoms with Crippen molar-refractivity contribution < 1.29 is 13.2 Å². The number of fused-ring (bicyclic) bond motifs is 2. The molecule has 2 aromatic carbocycles. The Hall–Kier alpha value is -2.38. The third-order valence-corrected chi connectivity index (χ3v) is 8.21. The van der Waals surface area contributed by atoms with Gasteiger partial charge in [0, 0.05) is 12.2 Å². The van der Waals surface area contributed by atoms with E-state index < -0.39 is 21.4 Å². The quantitative estimate of drug-likeness (QED) is 0.681. The van der Waals surface area contributed by atoms with E-state index >= 15 is 0 Å². The summed E-state index contributed by atoms with van der Waals surface area (Å²) in [5.41, 5.74) is 6.84. The van der Waals surface area contributed by atoms with Gasteiger partial charge < -0.3 is 5.32 Å². The molecule has 1 unspecified atom stereocenters. The summed E-state index contributed by atoms with van der Waals surface area (Å²) >= 11 is 0. The molecule has 0 fully saturated rings. The van der Waals surface area contributed by atoms with Gasteiger partial charge >= 0.3 is 6.03 Å². The Morgan fingerprint density at radius 2 is 1.65 bits per heavy atom. The number of hydrogen-bond acceptors (Lipinski definition) is 4. The average Bonchev–Trinajstić information content (AvgIpc) is 3.41. The SMILES string of the molecule is CCN(Cc1ccccc1)C(C)S(=O)(=O)NC(=O)Nc1c2c(cc3c1CCC3)CCC2. The molecule has 0 heterocycles. The molecule has 31 heavy (non-hydrogen) atoms. The summed E-state index contributed by atoms with van der Waals surface area (Å²) in [6, 6.07) is 11.4.